The monoisotopic (exact) mass is 500 g/mol. The second kappa shape index (κ2) is 9.27. The van der Waals surface area contributed by atoms with E-state index in [9.17, 15) is 9.59 Å². The van der Waals surface area contributed by atoms with Crippen molar-refractivity contribution >= 4 is 40.7 Å². The van der Waals surface area contributed by atoms with Gasteiger partial charge in [-0.3, -0.25) is 15.0 Å². The van der Waals surface area contributed by atoms with Gasteiger partial charge in [0, 0.05) is 24.5 Å². The minimum atomic E-state index is -0.459. The molecule has 0 spiro atoms. The Morgan fingerprint density at radius 1 is 0.892 bits per heavy atom. The Labute approximate surface area is 215 Å². The van der Waals surface area contributed by atoms with Crippen LogP contribution in [0.25, 0.3) is 5.57 Å². The van der Waals surface area contributed by atoms with Gasteiger partial charge in [-0.25, -0.2) is 4.99 Å². The lowest BCUT2D eigenvalue weighted by molar-refractivity contribution is -0.201. The molecule has 0 aromatic heterocycles. The topological polar surface area (TPSA) is 176 Å². The van der Waals surface area contributed by atoms with Crippen LogP contribution in [0.3, 0.4) is 0 Å². The van der Waals surface area contributed by atoms with Crippen molar-refractivity contribution in [1.82, 2.24) is 4.90 Å². The average molecular weight is 501 g/mol. The van der Waals surface area contributed by atoms with Crippen LogP contribution in [0.4, 0.5) is 11.4 Å². The SMILES string of the molecule is N=C(N)N1CC=C(c2ccc(NC(=O)C34CC(C(=O)Nc5ccc(CN=C(N)N)cc5)(C3)C4)cc2)CC1. The van der Waals surface area contributed by atoms with Crippen molar-refractivity contribution in [3.8, 4) is 0 Å². The van der Waals surface area contributed by atoms with Crippen molar-refractivity contribution in [3.63, 3.8) is 0 Å². The summed E-state index contributed by atoms with van der Waals surface area (Å²) in [6, 6.07) is 15.2. The fraction of sp³-hybridized carbons (Fsp3) is 0.333. The van der Waals surface area contributed by atoms with E-state index in [-0.39, 0.29) is 23.7 Å². The van der Waals surface area contributed by atoms with Crippen molar-refractivity contribution in [2.75, 3.05) is 23.7 Å². The number of carbonyl (C=O) groups excluding carboxylic acids is 2. The van der Waals surface area contributed by atoms with E-state index in [0.717, 1.165) is 29.8 Å². The van der Waals surface area contributed by atoms with Gasteiger partial charge in [-0.2, -0.15) is 0 Å². The molecule has 37 heavy (non-hydrogen) atoms. The Morgan fingerprint density at radius 3 is 1.89 bits per heavy atom. The van der Waals surface area contributed by atoms with Crippen LogP contribution in [0.2, 0.25) is 0 Å². The number of guanidine groups is 2. The van der Waals surface area contributed by atoms with Gasteiger partial charge in [-0.15, -0.1) is 0 Å². The summed E-state index contributed by atoms with van der Waals surface area (Å²) in [5.41, 5.74) is 20.1. The zero-order valence-corrected chi connectivity index (χ0v) is 20.6. The molecule has 4 aliphatic rings. The van der Waals surface area contributed by atoms with Gasteiger partial charge in [-0.1, -0.05) is 30.3 Å². The highest BCUT2D eigenvalue weighted by Crippen LogP contribution is 2.73. The lowest BCUT2D eigenvalue weighted by Crippen LogP contribution is -2.70. The molecule has 0 radical (unpaired) electrons. The third-order valence-electron chi connectivity index (χ3n) is 7.71. The molecule has 2 aromatic carbocycles. The highest BCUT2D eigenvalue weighted by atomic mass is 16.2. The Balaban J connectivity index is 1.11. The largest absolute Gasteiger partial charge is 0.370 e. The van der Waals surface area contributed by atoms with Gasteiger partial charge in [-0.05, 0) is 66.6 Å². The fourth-order valence-corrected chi connectivity index (χ4v) is 5.59. The molecule has 10 nitrogen and oxygen atoms in total. The lowest BCUT2D eigenvalue weighted by Gasteiger charge is -2.67. The number of hydrogen-bond donors (Lipinski definition) is 6. The standard InChI is InChI=1S/C27H32N8O2/c28-24(29)32-13-17-1-5-20(6-2-17)33-22(36)26-14-27(15-26,16-26)23(37)34-21-7-3-18(4-8-21)19-9-11-35(12-10-19)25(30)31/h1-9H,10-16H2,(H3,30,31)(H,33,36)(H,34,37)(H4,28,29,32). The molecule has 0 unspecified atom stereocenters. The Morgan fingerprint density at radius 2 is 1.43 bits per heavy atom. The van der Waals surface area contributed by atoms with Crippen molar-refractivity contribution in [2.45, 2.75) is 32.2 Å². The van der Waals surface area contributed by atoms with Crippen molar-refractivity contribution in [3.05, 3.63) is 65.7 Å². The normalized spacial score (nSPS) is 23.6. The maximum atomic E-state index is 13.0. The molecule has 1 aliphatic heterocycles. The molecular weight excluding hydrogens is 468 g/mol. The number of nitrogens with one attached hydrogen (secondary N) is 3. The maximum Gasteiger partial charge on any atom is 0.230 e. The summed E-state index contributed by atoms with van der Waals surface area (Å²) in [6.07, 6.45) is 4.61. The first kappa shape index (κ1) is 24.4. The van der Waals surface area contributed by atoms with Crippen molar-refractivity contribution in [2.24, 2.45) is 33.0 Å². The van der Waals surface area contributed by atoms with Gasteiger partial charge in [0.2, 0.25) is 11.8 Å². The highest BCUT2D eigenvalue weighted by molar-refractivity contribution is 6.05. The minimum Gasteiger partial charge on any atom is -0.370 e. The van der Waals surface area contributed by atoms with Crippen LogP contribution in [-0.2, 0) is 16.1 Å². The number of anilines is 2. The van der Waals surface area contributed by atoms with Gasteiger partial charge in [0.1, 0.15) is 0 Å². The summed E-state index contributed by atoms with van der Waals surface area (Å²) < 4.78 is 0. The number of nitrogens with zero attached hydrogens (tertiary/aromatic N) is 2. The molecule has 3 aliphatic carbocycles. The third-order valence-corrected chi connectivity index (χ3v) is 7.71. The van der Waals surface area contributed by atoms with Crippen LogP contribution < -0.4 is 27.8 Å². The van der Waals surface area contributed by atoms with Crippen LogP contribution in [0.5, 0.6) is 0 Å². The number of carbonyl (C=O) groups is 2. The van der Waals surface area contributed by atoms with Gasteiger partial charge in [0.15, 0.2) is 11.9 Å². The quantitative estimate of drug-likeness (QED) is 0.251. The minimum absolute atomic E-state index is 0.0204. The molecule has 192 valence electrons. The second-order valence-corrected chi connectivity index (χ2v) is 10.3. The number of benzene rings is 2. The van der Waals surface area contributed by atoms with Crippen LogP contribution in [0.1, 0.15) is 36.8 Å². The van der Waals surface area contributed by atoms with E-state index in [1.165, 1.54) is 5.57 Å². The number of hydrogen-bond acceptors (Lipinski definition) is 4. The third kappa shape index (κ3) is 4.74. The van der Waals surface area contributed by atoms with E-state index in [1.807, 2.05) is 53.4 Å². The molecule has 2 bridgehead atoms. The first-order valence-electron chi connectivity index (χ1n) is 12.3. The lowest BCUT2D eigenvalue weighted by atomic mass is 9.34. The second-order valence-electron chi connectivity index (χ2n) is 10.3. The van der Waals surface area contributed by atoms with E-state index in [2.05, 4.69) is 21.7 Å². The van der Waals surface area contributed by atoms with E-state index in [4.69, 9.17) is 22.6 Å². The number of aliphatic imine (C=N–C) groups is 1. The first-order chi connectivity index (χ1) is 17.7. The molecule has 6 rings (SSSR count). The zero-order valence-electron chi connectivity index (χ0n) is 20.6. The maximum absolute atomic E-state index is 13.0. The van der Waals surface area contributed by atoms with E-state index < -0.39 is 10.8 Å². The predicted molar refractivity (Wildman–Crippen MR) is 144 cm³/mol. The van der Waals surface area contributed by atoms with Crippen LogP contribution in [-0.4, -0.2) is 41.7 Å². The summed E-state index contributed by atoms with van der Waals surface area (Å²) >= 11 is 0. The van der Waals surface area contributed by atoms with Crippen molar-refractivity contribution < 1.29 is 9.59 Å². The summed E-state index contributed by atoms with van der Waals surface area (Å²) in [7, 11) is 0. The van der Waals surface area contributed by atoms with Crippen LogP contribution in [0.15, 0.2) is 59.6 Å². The van der Waals surface area contributed by atoms with Crippen LogP contribution in [0, 0.1) is 16.2 Å². The van der Waals surface area contributed by atoms with E-state index in [0.29, 0.717) is 38.0 Å². The summed E-state index contributed by atoms with van der Waals surface area (Å²) in [4.78, 5) is 31.7. The zero-order chi connectivity index (χ0) is 26.2. The molecule has 3 saturated carbocycles. The van der Waals surface area contributed by atoms with Crippen LogP contribution >= 0.6 is 0 Å². The van der Waals surface area contributed by atoms with E-state index in [1.54, 1.807) is 0 Å². The smallest absolute Gasteiger partial charge is 0.230 e. The fourth-order valence-electron chi connectivity index (χ4n) is 5.59. The molecule has 0 atom stereocenters. The molecular formula is C27H32N8O2. The van der Waals surface area contributed by atoms with Crippen molar-refractivity contribution in [1.29, 1.82) is 5.41 Å². The van der Waals surface area contributed by atoms with Gasteiger partial charge >= 0.3 is 0 Å². The average Bonchev–Trinajstić information content (AvgIpc) is 2.82. The Hall–Kier alpha value is -4.34. The molecule has 3 fully saturated rings. The molecule has 1 heterocycles. The predicted octanol–water partition coefficient (Wildman–Crippen LogP) is 2.19. The summed E-state index contributed by atoms with van der Waals surface area (Å²) in [5.74, 6) is 0.0767. The molecule has 2 aromatic rings. The highest BCUT2D eigenvalue weighted by Gasteiger charge is 2.74. The molecule has 0 saturated heterocycles. The van der Waals surface area contributed by atoms with E-state index >= 15 is 0 Å². The molecule has 10 heteroatoms. The van der Waals surface area contributed by atoms with Gasteiger partial charge < -0.3 is 32.7 Å². The number of nitrogens with two attached hydrogens (primary N) is 3. The first-order valence-corrected chi connectivity index (χ1v) is 12.3. The number of rotatable bonds is 7. The van der Waals surface area contributed by atoms with Gasteiger partial charge in [0.05, 0.1) is 17.4 Å². The number of amides is 2. The Bertz CT molecular complexity index is 1270. The summed E-state index contributed by atoms with van der Waals surface area (Å²) in [5, 5.41) is 13.6. The van der Waals surface area contributed by atoms with Gasteiger partial charge in [0.25, 0.3) is 0 Å². The molecule has 2 amide bonds. The summed E-state index contributed by atoms with van der Waals surface area (Å²) in [6.45, 7) is 1.74. The molecule has 9 N–H and O–H groups in total. The Kier molecular flexibility index (Phi) is 6.10.